The van der Waals surface area contributed by atoms with Crippen molar-refractivity contribution < 1.29 is 49.4 Å². The Balaban J connectivity index is 0.00000245. The monoisotopic (exact) mass is 477 g/mol. The average Bonchev–Trinajstić information content (AvgIpc) is 3.37. The number of carboxylic acids is 1. The fraction of sp³-hybridized carbons (Fsp3) is 0.318. The number of amides is 1. The number of nitrogens with zero attached hydrogens (tertiary/aromatic N) is 3. The number of aliphatic carboxylic acids is 1. The van der Waals surface area contributed by atoms with E-state index in [0.29, 0.717) is 5.57 Å². The van der Waals surface area contributed by atoms with Crippen molar-refractivity contribution in [2.75, 3.05) is 0 Å². The first-order valence-corrected chi connectivity index (χ1v) is 11.8. The van der Waals surface area contributed by atoms with E-state index in [1.807, 2.05) is 35.7 Å². The third-order valence-electron chi connectivity index (χ3n) is 6.03. The largest absolute Gasteiger partial charge is 1.00 e. The Labute approximate surface area is 215 Å². The van der Waals surface area contributed by atoms with E-state index >= 15 is 0 Å². The number of carboxylic acid groups (broad SMARTS) is 1. The van der Waals surface area contributed by atoms with Gasteiger partial charge in [-0.15, -0.1) is 11.3 Å². The van der Waals surface area contributed by atoms with Gasteiger partial charge in [-0.05, 0) is 12.5 Å². The fourth-order valence-corrected chi connectivity index (χ4v) is 6.87. The molecule has 2 aliphatic rings. The molecule has 1 fully saturated rings. The first-order valence-electron chi connectivity index (χ1n) is 9.98. The Kier molecular flexibility index (Phi) is 6.59. The molecule has 0 spiro atoms. The molecule has 1 aromatic carbocycles. The van der Waals surface area contributed by atoms with Crippen LogP contribution in [-0.4, -0.2) is 43.4 Å². The van der Waals surface area contributed by atoms with Crippen LogP contribution < -0.4 is 34.7 Å². The van der Waals surface area contributed by atoms with E-state index in [-0.39, 0.29) is 53.1 Å². The Morgan fingerprint density at radius 2 is 2.06 bits per heavy atom. The van der Waals surface area contributed by atoms with Crippen LogP contribution in [0.3, 0.4) is 0 Å². The minimum absolute atomic E-state index is 0. The average molecular weight is 478 g/mol. The second kappa shape index (κ2) is 8.96. The van der Waals surface area contributed by atoms with Crippen LogP contribution in [0.25, 0.3) is 10.4 Å². The summed E-state index contributed by atoms with van der Waals surface area (Å²) in [5, 5.41) is 22.9. The number of fused-ring (bicyclic) bond motifs is 2. The molecule has 7 nitrogen and oxygen atoms in total. The van der Waals surface area contributed by atoms with Crippen LogP contribution in [0.2, 0.25) is 0 Å². The molecule has 0 radical (unpaired) electrons. The van der Waals surface area contributed by atoms with Gasteiger partial charge in [0.1, 0.15) is 16.2 Å². The molecule has 2 aromatic heterocycles. The number of imidazole rings is 1. The molecular weight excluding hydrogens is 457 g/mol. The van der Waals surface area contributed by atoms with Gasteiger partial charge in [-0.3, -0.25) is 9.20 Å². The van der Waals surface area contributed by atoms with Gasteiger partial charge in [0, 0.05) is 23.4 Å². The van der Waals surface area contributed by atoms with Crippen molar-refractivity contribution in [3.05, 3.63) is 59.0 Å². The summed E-state index contributed by atoms with van der Waals surface area (Å²) in [5.41, 5.74) is 1.72. The van der Waals surface area contributed by atoms with E-state index in [9.17, 15) is 19.8 Å². The number of hydrogen-bond donors (Lipinski definition) is 1. The maximum Gasteiger partial charge on any atom is 1.00 e. The van der Waals surface area contributed by atoms with Gasteiger partial charge in [-0.2, -0.15) is 0 Å². The third-order valence-corrected chi connectivity index (χ3v) is 8.35. The maximum absolute atomic E-state index is 12.5. The van der Waals surface area contributed by atoms with Crippen molar-refractivity contribution in [1.82, 2.24) is 14.3 Å². The number of carbonyl (C=O) groups is 2. The standard InChI is InChI=1S/C22H21N3O4S2.Na/c1-11-15(18(22(28)29)25-17(11)16(12(2)26)20(25)27)14-8-24-10-23-19(21(24)31-14)30-9-13-6-4-3-5-7-13;/h3-8,10-12,16-17,26H,9H2,1-2H3,(H,28,29);/q;+1/p-1/t11-,12+,16+,17+;/m0./s1. The topological polar surface area (TPSA) is 98.0 Å². The van der Waals surface area contributed by atoms with Crippen LogP contribution in [0.15, 0.2) is 53.6 Å². The molecule has 32 heavy (non-hydrogen) atoms. The summed E-state index contributed by atoms with van der Waals surface area (Å²) in [5.74, 6) is -1.75. The summed E-state index contributed by atoms with van der Waals surface area (Å²) < 4.78 is 1.89. The summed E-state index contributed by atoms with van der Waals surface area (Å²) in [6.45, 7) is 3.48. The first kappa shape index (κ1) is 23.5. The Hall–Kier alpha value is -1.62. The summed E-state index contributed by atoms with van der Waals surface area (Å²) in [7, 11) is 0. The van der Waals surface area contributed by atoms with E-state index in [4.69, 9.17) is 0 Å². The van der Waals surface area contributed by atoms with Crippen LogP contribution in [0.1, 0.15) is 24.3 Å². The zero-order valence-corrected chi connectivity index (χ0v) is 21.5. The number of β-lactam (4-membered cyclic amide) rings is 1. The molecule has 0 aliphatic carbocycles. The van der Waals surface area contributed by atoms with Gasteiger partial charge in [-0.25, -0.2) is 4.98 Å². The number of rotatable bonds is 6. The van der Waals surface area contributed by atoms with Crippen molar-refractivity contribution in [3.63, 3.8) is 0 Å². The minimum Gasteiger partial charge on any atom is -0.543 e. The van der Waals surface area contributed by atoms with Gasteiger partial charge < -0.3 is 19.9 Å². The summed E-state index contributed by atoms with van der Waals surface area (Å²) in [6, 6.07) is 9.76. The van der Waals surface area contributed by atoms with Crippen LogP contribution in [0.5, 0.6) is 0 Å². The zero-order valence-electron chi connectivity index (χ0n) is 17.9. The quantitative estimate of drug-likeness (QED) is 0.278. The molecule has 2 aliphatic heterocycles. The van der Waals surface area contributed by atoms with Crippen LogP contribution in [0.4, 0.5) is 0 Å². The molecular formula is C22H20N3NaO4S2. The maximum atomic E-state index is 12.5. The van der Waals surface area contributed by atoms with E-state index in [2.05, 4.69) is 17.1 Å². The van der Waals surface area contributed by atoms with Crippen LogP contribution in [-0.2, 0) is 15.3 Å². The molecule has 4 heterocycles. The Morgan fingerprint density at radius 1 is 1.34 bits per heavy atom. The fourth-order valence-electron chi connectivity index (χ4n) is 4.61. The van der Waals surface area contributed by atoms with Crippen LogP contribution in [0, 0.1) is 11.8 Å². The normalized spacial score (nSPS) is 23.2. The number of aliphatic hydroxyl groups is 1. The number of benzene rings is 1. The Morgan fingerprint density at radius 3 is 2.72 bits per heavy atom. The number of hydrogen-bond acceptors (Lipinski definition) is 7. The molecule has 5 rings (SSSR count). The molecule has 1 N–H and O–H groups in total. The molecule has 4 atom stereocenters. The van der Waals surface area contributed by atoms with Gasteiger partial charge in [0.15, 0.2) is 0 Å². The molecule has 0 bridgehead atoms. The van der Waals surface area contributed by atoms with Crippen molar-refractivity contribution in [1.29, 1.82) is 0 Å². The number of aromatic nitrogens is 2. The van der Waals surface area contributed by atoms with Gasteiger partial charge >= 0.3 is 29.6 Å². The molecule has 0 unspecified atom stereocenters. The van der Waals surface area contributed by atoms with E-state index in [1.165, 1.54) is 21.8 Å². The van der Waals surface area contributed by atoms with E-state index < -0.39 is 18.0 Å². The van der Waals surface area contributed by atoms with Crippen molar-refractivity contribution >= 4 is 45.4 Å². The summed E-state index contributed by atoms with van der Waals surface area (Å²) >= 11 is 3.09. The number of thioether (sulfide) groups is 1. The van der Waals surface area contributed by atoms with Gasteiger partial charge in [0.2, 0.25) is 5.91 Å². The van der Waals surface area contributed by atoms with E-state index in [1.54, 1.807) is 25.0 Å². The smallest absolute Gasteiger partial charge is 0.543 e. The summed E-state index contributed by atoms with van der Waals surface area (Å²) in [6.07, 6.45) is 2.75. The number of thiazole rings is 1. The van der Waals surface area contributed by atoms with Gasteiger partial charge in [-0.1, -0.05) is 49.0 Å². The third kappa shape index (κ3) is 3.65. The molecule has 1 amide bonds. The first-order chi connectivity index (χ1) is 14.9. The predicted molar refractivity (Wildman–Crippen MR) is 116 cm³/mol. The molecule has 160 valence electrons. The SMILES string of the molecule is C[C@@H](O)[C@H]1C(=O)N2C(C(=O)[O-])=C(c3cn4cnc(SCc5ccccc5)c4s3)[C@H](C)[C@H]12.[Na+]. The van der Waals surface area contributed by atoms with Gasteiger partial charge in [0.25, 0.3) is 0 Å². The molecule has 1 saturated heterocycles. The van der Waals surface area contributed by atoms with Crippen molar-refractivity contribution in [2.24, 2.45) is 11.8 Å². The second-order valence-corrected chi connectivity index (χ2v) is 9.93. The second-order valence-electron chi connectivity index (χ2n) is 7.94. The van der Waals surface area contributed by atoms with Gasteiger partial charge in [0.05, 0.1) is 34.6 Å². The molecule has 3 aromatic rings. The minimum atomic E-state index is -1.36. The number of carbonyl (C=O) groups excluding carboxylic acids is 2. The van der Waals surface area contributed by atoms with Crippen molar-refractivity contribution in [3.8, 4) is 0 Å². The Bertz CT molecular complexity index is 1220. The zero-order chi connectivity index (χ0) is 21.9. The molecule has 10 heteroatoms. The van der Waals surface area contributed by atoms with E-state index in [0.717, 1.165) is 20.5 Å². The number of aliphatic hydroxyl groups excluding tert-OH is 1. The summed E-state index contributed by atoms with van der Waals surface area (Å²) in [4.78, 5) is 32.0. The predicted octanol–water partition coefficient (Wildman–Crippen LogP) is -0.989. The van der Waals surface area contributed by atoms with Crippen molar-refractivity contribution in [2.45, 2.75) is 36.8 Å². The van der Waals surface area contributed by atoms with Crippen LogP contribution >= 0.6 is 23.1 Å². The molecule has 0 saturated carbocycles.